The summed E-state index contributed by atoms with van der Waals surface area (Å²) in [6, 6.07) is 0.317. The molecule has 1 amide bonds. The van der Waals surface area contributed by atoms with E-state index in [9.17, 15) is 4.79 Å². The standard InChI is InChI=1S/C12H24N2O2/c1-4-10(5-2)14-11(15)6-13-7-12(3)8-16-9-12/h10,13H,4-9H2,1-3H3,(H,14,15). The quantitative estimate of drug-likeness (QED) is 0.681. The van der Waals surface area contributed by atoms with Crippen LogP contribution in [0.25, 0.3) is 0 Å². The Morgan fingerprint density at radius 3 is 2.44 bits per heavy atom. The highest BCUT2D eigenvalue weighted by atomic mass is 16.5. The Morgan fingerprint density at radius 1 is 1.38 bits per heavy atom. The molecule has 0 aromatic heterocycles. The fraction of sp³-hybridized carbons (Fsp3) is 0.917. The summed E-state index contributed by atoms with van der Waals surface area (Å²) in [5, 5.41) is 6.20. The molecule has 4 heteroatoms. The predicted octanol–water partition coefficient (Wildman–Crippen LogP) is 0.917. The van der Waals surface area contributed by atoms with Crippen LogP contribution in [0.15, 0.2) is 0 Å². The summed E-state index contributed by atoms with van der Waals surface area (Å²) in [6.45, 7) is 9.21. The summed E-state index contributed by atoms with van der Waals surface area (Å²) in [6.07, 6.45) is 1.99. The van der Waals surface area contributed by atoms with Gasteiger partial charge in [0.1, 0.15) is 0 Å². The van der Waals surface area contributed by atoms with Gasteiger partial charge in [0.2, 0.25) is 5.91 Å². The third kappa shape index (κ3) is 4.10. The second-order valence-corrected chi connectivity index (χ2v) is 4.99. The Bertz CT molecular complexity index is 223. The molecule has 1 rings (SSSR count). The summed E-state index contributed by atoms with van der Waals surface area (Å²) in [5.41, 5.74) is 0.231. The molecule has 1 saturated heterocycles. The monoisotopic (exact) mass is 228 g/mol. The summed E-state index contributed by atoms with van der Waals surface area (Å²) in [7, 11) is 0. The number of ether oxygens (including phenoxy) is 1. The van der Waals surface area contributed by atoms with E-state index in [1.54, 1.807) is 0 Å². The van der Waals surface area contributed by atoms with Crippen LogP contribution >= 0.6 is 0 Å². The van der Waals surface area contributed by atoms with E-state index in [4.69, 9.17) is 4.74 Å². The first kappa shape index (κ1) is 13.5. The van der Waals surface area contributed by atoms with E-state index in [1.165, 1.54) is 0 Å². The third-order valence-corrected chi connectivity index (χ3v) is 3.09. The molecular weight excluding hydrogens is 204 g/mol. The average Bonchev–Trinajstić information content (AvgIpc) is 2.23. The van der Waals surface area contributed by atoms with Crippen molar-refractivity contribution in [2.45, 2.75) is 39.7 Å². The van der Waals surface area contributed by atoms with Crippen LogP contribution in [0, 0.1) is 5.41 Å². The molecule has 0 spiro atoms. The molecule has 0 bridgehead atoms. The lowest BCUT2D eigenvalue weighted by Gasteiger charge is -2.38. The van der Waals surface area contributed by atoms with Crippen molar-refractivity contribution in [2.24, 2.45) is 5.41 Å². The number of carbonyl (C=O) groups is 1. The van der Waals surface area contributed by atoms with Crippen molar-refractivity contribution >= 4 is 5.91 Å². The molecule has 1 fully saturated rings. The number of amides is 1. The van der Waals surface area contributed by atoms with Gasteiger partial charge in [-0.25, -0.2) is 0 Å². The fourth-order valence-electron chi connectivity index (χ4n) is 1.80. The maximum absolute atomic E-state index is 11.6. The normalized spacial score (nSPS) is 18.2. The largest absolute Gasteiger partial charge is 0.380 e. The molecule has 1 heterocycles. The van der Waals surface area contributed by atoms with Crippen molar-refractivity contribution < 1.29 is 9.53 Å². The SMILES string of the molecule is CCC(CC)NC(=O)CNCC1(C)COC1. The first-order valence-electron chi connectivity index (χ1n) is 6.17. The van der Waals surface area contributed by atoms with Crippen molar-refractivity contribution in [1.29, 1.82) is 0 Å². The molecule has 94 valence electrons. The van der Waals surface area contributed by atoms with E-state index in [2.05, 4.69) is 31.4 Å². The van der Waals surface area contributed by atoms with Crippen LogP contribution in [0.5, 0.6) is 0 Å². The minimum absolute atomic E-state index is 0.0949. The molecule has 2 N–H and O–H groups in total. The van der Waals surface area contributed by atoms with E-state index >= 15 is 0 Å². The highest BCUT2D eigenvalue weighted by Gasteiger charge is 2.32. The van der Waals surface area contributed by atoms with E-state index < -0.39 is 0 Å². The van der Waals surface area contributed by atoms with Gasteiger partial charge >= 0.3 is 0 Å². The summed E-state index contributed by atoms with van der Waals surface area (Å²) < 4.78 is 5.15. The fourth-order valence-corrected chi connectivity index (χ4v) is 1.80. The van der Waals surface area contributed by atoms with Crippen molar-refractivity contribution in [3.63, 3.8) is 0 Å². The van der Waals surface area contributed by atoms with Crippen LogP contribution in [0.2, 0.25) is 0 Å². The molecule has 0 saturated carbocycles. The lowest BCUT2D eigenvalue weighted by atomic mass is 9.89. The van der Waals surface area contributed by atoms with Gasteiger partial charge in [0, 0.05) is 18.0 Å². The molecule has 1 aliphatic heterocycles. The van der Waals surface area contributed by atoms with Gasteiger partial charge in [-0.3, -0.25) is 4.79 Å². The molecule has 0 aromatic rings. The van der Waals surface area contributed by atoms with Crippen molar-refractivity contribution in [3.8, 4) is 0 Å². The zero-order valence-electron chi connectivity index (χ0n) is 10.6. The molecule has 16 heavy (non-hydrogen) atoms. The lowest BCUT2D eigenvalue weighted by molar-refractivity contribution is -0.122. The molecule has 0 radical (unpaired) electrons. The summed E-state index contributed by atoms with van der Waals surface area (Å²) in [5.74, 6) is 0.0949. The first-order chi connectivity index (χ1) is 7.59. The number of carbonyl (C=O) groups excluding carboxylic acids is 1. The smallest absolute Gasteiger partial charge is 0.234 e. The van der Waals surface area contributed by atoms with Crippen LogP contribution in [-0.4, -0.2) is 38.3 Å². The van der Waals surface area contributed by atoms with Gasteiger partial charge in [-0.15, -0.1) is 0 Å². The Balaban J connectivity index is 2.10. The molecule has 4 nitrogen and oxygen atoms in total. The second kappa shape index (κ2) is 6.21. The molecule has 0 aromatic carbocycles. The van der Waals surface area contributed by atoms with Crippen LogP contribution < -0.4 is 10.6 Å². The third-order valence-electron chi connectivity index (χ3n) is 3.09. The number of nitrogens with one attached hydrogen (secondary N) is 2. The van der Waals surface area contributed by atoms with Gasteiger partial charge in [0.15, 0.2) is 0 Å². The van der Waals surface area contributed by atoms with E-state index in [0.29, 0.717) is 12.6 Å². The van der Waals surface area contributed by atoms with Gasteiger partial charge in [-0.05, 0) is 12.8 Å². The van der Waals surface area contributed by atoms with Crippen molar-refractivity contribution in [1.82, 2.24) is 10.6 Å². The Labute approximate surface area is 98.1 Å². The van der Waals surface area contributed by atoms with E-state index in [-0.39, 0.29) is 11.3 Å². The van der Waals surface area contributed by atoms with Crippen LogP contribution in [0.4, 0.5) is 0 Å². The minimum Gasteiger partial charge on any atom is -0.380 e. The van der Waals surface area contributed by atoms with Crippen molar-refractivity contribution in [2.75, 3.05) is 26.3 Å². The van der Waals surface area contributed by atoms with Crippen LogP contribution in [0.3, 0.4) is 0 Å². The zero-order chi connectivity index (χ0) is 12.0. The van der Waals surface area contributed by atoms with Crippen LogP contribution in [0.1, 0.15) is 33.6 Å². The van der Waals surface area contributed by atoms with Crippen LogP contribution in [-0.2, 0) is 9.53 Å². The molecule has 0 unspecified atom stereocenters. The second-order valence-electron chi connectivity index (χ2n) is 4.99. The molecule has 0 aliphatic carbocycles. The maximum atomic E-state index is 11.6. The minimum atomic E-state index is 0.0949. The Kier molecular flexibility index (Phi) is 5.22. The Hall–Kier alpha value is -0.610. The number of hydrogen-bond acceptors (Lipinski definition) is 3. The highest BCUT2D eigenvalue weighted by Crippen LogP contribution is 2.24. The van der Waals surface area contributed by atoms with Crippen molar-refractivity contribution in [3.05, 3.63) is 0 Å². The van der Waals surface area contributed by atoms with Gasteiger partial charge in [0.25, 0.3) is 0 Å². The molecule has 1 aliphatic rings. The highest BCUT2D eigenvalue weighted by molar-refractivity contribution is 5.78. The summed E-state index contributed by atoms with van der Waals surface area (Å²) >= 11 is 0. The van der Waals surface area contributed by atoms with Gasteiger partial charge in [0.05, 0.1) is 19.8 Å². The number of rotatable bonds is 7. The van der Waals surface area contributed by atoms with Gasteiger partial charge < -0.3 is 15.4 Å². The van der Waals surface area contributed by atoms with E-state index in [1.807, 2.05) is 0 Å². The Morgan fingerprint density at radius 2 is 2.00 bits per heavy atom. The van der Waals surface area contributed by atoms with E-state index in [0.717, 1.165) is 32.6 Å². The maximum Gasteiger partial charge on any atom is 0.234 e. The zero-order valence-corrected chi connectivity index (χ0v) is 10.6. The van der Waals surface area contributed by atoms with Gasteiger partial charge in [-0.2, -0.15) is 0 Å². The molecule has 0 atom stereocenters. The molecular formula is C12H24N2O2. The topological polar surface area (TPSA) is 50.4 Å². The first-order valence-corrected chi connectivity index (χ1v) is 6.17. The predicted molar refractivity (Wildman–Crippen MR) is 64.3 cm³/mol. The number of hydrogen-bond donors (Lipinski definition) is 2. The van der Waals surface area contributed by atoms with Gasteiger partial charge in [-0.1, -0.05) is 20.8 Å². The lowest BCUT2D eigenvalue weighted by Crippen LogP contribution is -2.49. The summed E-state index contributed by atoms with van der Waals surface area (Å²) in [4.78, 5) is 11.6. The average molecular weight is 228 g/mol.